The third-order valence-electron chi connectivity index (χ3n) is 8.14. The molecule has 11 heteroatoms. The van der Waals surface area contributed by atoms with Gasteiger partial charge in [0.05, 0.1) is 6.04 Å². The summed E-state index contributed by atoms with van der Waals surface area (Å²) in [5.41, 5.74) is 1.06. The van der Waals surface area contributed by atoms with Crippen molar-refractivity contribution in [3.63, 3.8) is 0 Å². The highest BCUT2D eigenvalue weighted by Crippen LogP contribution is 2.25. The molecule has 2 unspecified atom stereocenters. The number of benzene rings is 1. The summed E-state index contributed by atoms with van der Waals surface area (Å²) in [6.07, 6.45) is 1.82. The van der Waals surface area contributed by atoms with E-state index in [2.05, 4.69) is 20.9 Å². The number of likely N-dealkylation sites (N-methyl/N-ethyl adjacent to an activating group) is 1. The normalized spacial score (nSPS) is 24.1. The van der Waals surface area contributed by atoms with Crippen molar-refractivity contribution in [3.8, 4) is 0 Å². The molecule has 0 aliphatic carbocycles. The predicted octanol–water partition coefficient (Wildman–Crippen LogP) is 1.31. The van der Waals surface area contributed by atoms with Gasteiger partial charge in [-0.15, -0.1) is 0 Å². The molecule has 1 aromatic carbocycles. The van der Waals surface area contributed by atoms with Crippen molar-refractivity contribution in [1.82, 2.24) is 25.8 Å². The summed E-state index contributed by atoms with van der Waals surface area (Å²) in [4.78, 5) is 66.6. The van der Waals surface area contributed by atoms with Crippen molar-refractivity contribution < 1.29 is 29.1 Å². The number of hydrogen-bond donors (Lipinski definition) is 4. The fourth-order valence-corrected chi connectivity index (χ4v) is 5.91. The molecule has 0 bridgehead atoms. The fourth-order valence-electron chi connectivity index (χ4n) is 5.91. The van der Waals surface area contributed by atoms with E-state index < -0.39 is 18.1 Å². The Morgan fingerprint density at radius 3 is 2.39 bits per heavy atom. The number of amides is 4. The maximum absolute atomic E-state index is 13.8. The second-order valence-corrected chi connectivity index (χ2v) is 11.4. The van der Waals surface area contributed by atoms with E-state index in [4.69, 9.17) is 5.11 Å². The van der Waals surface area contributed by atoms with Crippen LogP contribution >= 0.6 is 0 Å². The number of aliphatic carboxylic acids is 1. The number of likely N-dealkylation sites (tertiary alicyclic amines) is 2. The van der Waals surface area contributed by atoms with Gasteiger partial charge in [0.15, 0.2) is 0 Å². The molecule has 4 amide bonds. The molecule has 2 saturated heterocycles. The van der Waals surface area contributed by atoms with Gasteiger partial charge in [-0.25, -0.2) is 0 Å². The summed E-state index contributed by atoms with van der Waals surface area (Å²) in [6, 6.07) is 7.93. The molecule has 2 heterocycles. The Hall–Kier alpha value is -3.47. The Morgan fingerprint density at radius 2 is 1.73 bits per heavy atom. The molecule has 0 aromatic heterocycles. The first kappa shape index (κ1) is 32.0. The minimum absolute atomic E-state index is 0.0196. The van der Waals surface area contributed by atoms with Crippen LogP contribution in [0.2, 0.25) is 0 Å². The van der Waals surface area contributed by atoms with Crippen LogP contribution in [-0.4, -0.2) is 94.3 Å². The molecule has 2 aliphatic heterocycles. The molecule has 6 atom stereocenters. The molecule has 41 heavy (non-hydrogen) atoms. The number of hydrogen-bond acceptors (Lipinski definition) is 6. The van der Waals surface area contributed by atoms with Crippen molar-refractivity contribution in [2.75, 3.05) is 19.6 Å². The van der Waals surface area contributed by atoms with Gasteiger partial charge in [-0.2, -0.15) is 0 Å². The molecule has 226 valence electrons. The van der Waals surface area contributed by atoms with Gasteiger partial charge in [0, 0.05) is 50.5 Å². The van der Waals surface area contributed by atoms with Gasteiger partial charge in [-0.05, 0) is 52.0 Å². The Labute approximate surface area is 242 Å². The molecule has 0 saturated carbocycles. The van der Waals surface area contributed by atoms with Crippen molar-refractivity contribution in [2.24, 2.45) is 5.92 Å². The summed E-state index contributed by atoms with van der Waals surface area (Å²) in [7, 11) is 0. The lowest BCUT2D eigenvalue weighted by Gasteiger charge is -2.29. The summed E-state index contributed by atoms with van der Waals surface area (Å²) in [5, 5.41) is 17.6. The second kappa shape index (κ2) is 15.0. The van der Waals surface area contributed by atoms with Gasteiger partial charge < -0.3 is 26.0 Å². The lowest BCUT2D eigenvalue weighted by molar-refractivity contribution is -0.140. The van der Waals surface area contributed by atoms with Crippen LogP contribution in [0.5, 0.6) is 0 Å². The lowest BCUT2D eigenvalue weighted by atomic mass is 10.0. The average molecular weight is 572 g/mol. The smallest absolute Gasteiger partial charge is 0.303 e. The van der Waals surface area contributed by atoms with Gasteiger partial charge in [0.25, 0.3) is 0 Å². The molecule has 0 spiro atoms. The summed E-state index contributed by atoms with van der Waals surface area (Å²) < 4.78 is 0. The SMILES string of the molecule is CCNC(=O)[C@H](C)N1C[C@@H](NC(=O)[C@H](CCc2ccccc2)N2CC(C)[C@H](NC(=O)CCCC(=O)O)C2=O)CC1C. The lowest BCUT2D eigenvalue weighted by Crippen LogP contribution is -2.53. The number of nitrogens with one attached hydrogen (secondary N) is 3. The van der Waals surface area contributed by atoms with E-state index in [9.17, 15) is 24.0 Å². The van der Waals surface area contributed by atoms with Crippen molar-refractivity contribution in [2.45, 2.75) is 96.4 Å². The molecule has 2 aliphatic rings. The summed E-state index contributed by atoms with van der Waals surface area (Å²) in [6.45, 7) is 9.08. The van der Waals surface area contributed by atoms with Crippen LogP contribution in [0.15, 0.2) is 30.3 Å². The van der Waals surface area contributed by atoms with E-state index in [-0.39, 0.29) is 66.9 Å². The zero-order valence-corrected chi connectivity index (χ0v) is 24.6. The first-order valence-electron chi connectivity index (χ1n) is 14.7. The van der Waals surface area contributed by atoms with Crippen molar-refractivity contribution in [1.29, 1.82) is 0 Å². The van der Waals surface area contributed by atoms with Crippen LogP contribution in [0.25, 0.3) is 0 Å². The Kier molecular flexibility index (Phi) is 11.7. The molecule has 0 radical (unpaired) electrons. The quantitative estimate of drug-likeness (QED) is 0.263. The van der Waals surface area contributed by atoms with Gasteiger partial charge in [0.2, 0.25) is 23.6 Å². The van der Waals surface area contributed by atoms with E-state index in [0.717, 1.165) is 5.56 Å². The largest absolute Gasteiger partial charge is 0.481 e. The Balaban J connectivity index is 1.70. The number of carboxylic acids is 1. The molecule has 11 nitrogen and oxygen atoms in total. The fraction of sp³-hybridized carbons (Fsp3) is 0.633. The minimum atomic E-state index is -0.972. The van der Waals surface area contributed by atoms with Gasteiger partial charge in [-0.3, -0.25) is 28.9 Å². The van der Waals surface area contributed by atoms with Crippen LogP contribution in [0.4, 0.5) is 0 Å². The van der Waals surface area contributed by atoms with E-state index >= 15 is 0 Å². The van der Waals surface area contributed by atoms with E-state index in [0.29, 0.717) is 38.9 Å². The second-order valence-electron chi connectivity index (χ2n) is 11.4. The minimum Gasteiger partial charge on any atom is -0.481 e. The number of carbonyl (C=O) groups excluding carboxylic acids is 4. The standard InChI is InChI=1S/C30H45N5O6/c1-5-31-28(39)21(4)34-18-23(16-20(34)3)32-29(40)24(15-14-22-10-7-6-8-11-22)35-17-19(2)27(30(35)41)33-25(36)12-9-13-26(37)38/h6-8,10-11,19-21,23-24,27H,5,9,12-18H2,1-4H3,(H,31,39)(H,32,40)(H,33,36)(H,37,38)/t19?,20?,21-,23-,24-,27-/m0/s1. The van der Waals surface area contributed by atoms with E-state index in [1.807, 2.05) is 58.0 Å². The summed E-state index contributed by atoms with van der Waals surface area (Å²) in [5.74, 6) is -2.13. The Morgan fingerprint density at radius 1 is 1.02 bits per heavy atom. The molecule has 1 aromatic rings. The van der Waals surface area contributed by atoms with E-state index in [1.54, 1.807) is 4.90 Å². The first-order valence-corrected chi connectivity index (χ1v) is 14.7. The van der Waals surface area contributed by atoms with Crippen LogP contribution < -0.4 is 16.0 Å². The van der Waals surface area contributed by atoms with Gasteiger partial charge in [-0.1, -0.05) is 37.3 Å². The maximum atomic E-state index is 13.8. The highest BCUT2D eigenvalue weighted by molar-refractivity contribution is 5.94. The molecule has 4 N–H and O–H groups in total. The van der Waals surface area contributed by atoms with Crippen LogP contribution in [0, 0.1) is 5.92 Å². The topological polar surface area (TPSA) is 148 Å². The number of rotatable bonds is 14. The zero-order valence-electron chi connectivity index (χ0n) is 24.6. The van der Waals surface area contributed by atoms with Crippen LogP contribution in [0.3, 0.4) is 0 Å². The van der Waals surface area contributed by atoms with Crippen molar-refractivity contribution in [3.05, 3.63) is 35.9 Å². The highest BCUT2D eigenvalue weighted by atomic mass is 16.4. The van der Waals surface area contributed by atoms with Crippen molar-refractivity contribution >= 4 is 29.6 Å². The third-order valence-corrected chi connectivity index (χ3v) is 8.14. The molecule has 3 rings (SSSR count). The monoisotopic (exact) mass is 571 g/mol. The number of carboxylic acid groups (broad SMARTS) is 1. The average Bonchev–Trinajstić information content (AvgIpc) is 3.42. The first-order chi connectivity index (χ1) is 19.5. The zero-order chi connectivity index (χ0) is 30.1. The molecular formula is C30H45N5O6. The van der Waals surface area contributed by atoms with Crippen LogP contribution in [0.1, 0.15) is 65.4 Å². The molecular weight excluding hydrogens is 526 g/mol. The highest BCUT2D eigenvalue weighted by Gasteiger charge is 2.44. The predicted molar refractivity (Wildman–Crippen MR) is 154 cm³/mol. The number of carbonyl (C=O) groups is 5. The number of aryl methyl sites for hydroxylation is 1. The summed E-state index contributed by atoms with van der Waals surface area (Å²) >= 11 is 0. The number of nitrogens with zero attached hydrogens (tertiary/aromatic N) is 2. The molecule has 2 fully saturated rings. The third kappa shape index (κ3) is 8.76. The van der Waals surface area contributed by atoms with Gasteiger partial charge in [0.1, 0.15) is 12.1 Å². The van der Waals surface area contributed by atoms with Crippen LogP contribution in [-0.2, 0) is 30.4 Å². The Bertz CT molecular complexity index is 1080. The van der Waals surface area contributed by atoms with Gasteiger partial charge >= 0.3 is 5.97 Å². The van der Waals surface area contributed by atoms with E-state index in [1.165, 1.54) is 0 Å². The maximum Gasteiger partial charge on any atom is 0.303 e.